The molecule has 27 heavy (non-hydrogen) atoms. The monoisotopic (exact) mass is 380 g/mol. The minimum atomic E-state index is -3.74. The van der Waals surface area contributed by atoms with Crippen LogP contribution in [0.1, 0.15) is 11.3 Å². The van der Waals surface area contributed by atoms with Gasteiger partial charge in [-0.2, -0.15) is 5.26 Å². The van der Waals surface area contributed by atoms with E-state index in [0.717, 1.165) is 0 Å². The molecule has 0 aliphatic carbocycles. The minimum absolute atomic E-state index is 0.0145. The summed E-state index contributed by atoms with van der Waals surface area (Å²) in [4.78, 5) is 8.80. The summed E-state index contributed by atoms with van der Waals surface area (Å²) in [6, 6.07) is 16.5. The van der Waals surface area contributed by atoms with E-state index in [1.807, 2.05) is 18.2 Å². The molecule has 2 heterocycles. The topological polar surface area (TPSA) is 105 Å². The fourth-order valence-electron chi connectivity index (χ4n) is 2.37. The van der Waals surface area contributed by atoms with Crippen LogP contribution < -0.4 is 9.46 Å². The molecule has 0 saturated heterocycles. The molecule has 0 amide bonds. The predicted octanol–water partition coefficient (Wildman–Crippen LogP) is 2.50. The van der Waals surface area contributed by atoms with Crippen LogP contribution >= 0.6 is 0 Å². The molecule has 2 aromatic heterocycles. The van der Waals surface area contributed by atoms with Crippen LogP contribution in [0.25, 0.3) is 11.4 Å². The van der Waals surface area contributed by atoms with Crippen LogP contribution in [0.4, 0.5) is 0 Å². The quantitative estimate of drug-likeness (QED) is 0.704. The predicted molar refractivity (Wildman–Crippen MR) is 99.2 cm³/mol. The van der Waals surface area contributed by atoms with Crippen molar-refractivity contribution in [2.75, 3.05) is 7.11 Å². The first-order chi connectivity index (χ1) is 13.0. The number of benzene rings is 1. The van der Waals surface area contributed by atoms with Gasteiger partial charge in [-0.25, -0.2) is 18.1 Å². The largest absolute Gasteiger partial charge is 0.497 e. The smallest absolute Gasteiger partial charge is 0.240 e. The molecule has 8 heteroatoms. The van der Waals surface area contributed by atoms with E-state index in [4.69, 9.17) is 10.00 Å². The summed E-state index contributed by atoms with van der Waals surface area (Å²) >= 11 is 0. The summed E-state index contributed by atoms with van der Waals surface area (Å²) in [5.74, 6) is 0.554. The molecule has 1 N–H and O–H groups in total. The standard InChI is InChI=1S/C19H16N4O3S/c1-26-16-10-15(23-19(11-16)18-4-2-3-9-21-18)13-22-27(24,25)17-7-5-14(12-20)6-8-17/h2-11,22H,13H2,1H3. The van der Waals surface area contributed by atoms with Gasteiger partial charge in [-0.05, 0) is 36.4 Å². The second kappa shape index (κ2) is 7.95. The molecule has 3 rings (SSSR count). The van der Waals surface area contributed by atoms with E-state index in [2.05, 4.69) is 14.7 Å². The average Bonchev–Trinajstić information content (AvgIpc) is 2.72. The van der Waals surface area contributed by atoms with Gasteiger partial charge in [0.1, 0.15) is 5.75 Å². The molecule has 0 saturated carbocycles. The molecule has 0 spiro atoms. The molecular formula is C19H16N4O3S. The maximum absolute atomic E-state index is 12.4. The number of pyridine rings is 2. The molecule has 0 bridgehead atoms. The van der Waals surface area contributed by atoms with E-state index in [1.54, 1.807) is 24.4 Å². The van der Waals surface area contributed by atoms with Crippen LogP contribution in [0, 0.1) is 11.3 Å². The minimum Gasteiger partial charge on any atom is -0.497 e. The molecule has 3 aromatic rings. The van der Waals surface area contributed by atoms with Gasteiger partial charge in [0.05, 0.1) is 47.3 Å². The van der Waals surface area contributed by atoms with E-state index in [0.29, 0.717) is 28.4 Å². The van der Waals surface area contributed by atoms with E-state index in [1.165, 1.54) is 31.4 Å². The number of aromatic nitrogens is 2. The number of sulfonamides is 1. The maximum atomic E-state index is 12.4. The van der Waals surface area contributed by atoms with Crippen molar-refractivity contribution in [2.45, 2.75) is 11.4 Å². The lowest BCUT2D eigenvalue weighted by molar-refractivity contribution is 0.413. The summed E-state index contributed by atoms with van der Waals surface area (Å²) < 4.78 is 32.7. The van der Waals surface area contributed by atoms with Gasteiger partial charge in [-0.15, -0.1) is 0 Å². The van der Waals surface area contributed by atoms with Gasteiger partial charge >= 0.3 is 0 Å². The van der Waals surface area contributed by atoms with Crippen molar-refractivity contribution in [1.29, 1.82) is 5.26 Å². The van der Waals surface area contributed by atoms with E-state index < -0.39 is 10.0 Å². The third-order valence-corrected chi connectivity index (χ3v) is 5.17. The maximum Gasteiger partial charge on any atom is 0.240 e. The second-order valence-electron chi connectivity index (χ2n) is 5.56. The van der Waals surface area contributed by atoms with E-state index >= 15 is 0 Å². The molecule has 0 atom stereocenters. The summed E-state index contributed by atoms with van der Waals surface area (Å²) in [5.41, 5.74) is 2.13. The molecule has 7 nitrogen and oxygen atoms in total. The van der Waals surface area contributed by atoms with Gasteiger partial charge in [0.2, 0.25) is 10.0 Å². The number of ether oxygens (including phenoxy) is 1. The van der Waals surface area contributed by atoms with E-state index in [9.17, 15) is 8.42 Å². The second-order valence-corrected chi connectivity index (χ2v) is 7.33. The van der Waals surface area contributed by atoms with Crippen molar-refractivity contribution in [3.8, 4) is 23.2 Å². The van der Waals surface area contributed by atoms with Crippen LogP contribution in [0.15, 0.2) is 65.7 Å². The molecule has 0 unspecified atom stereocenters. The van der Waals surface area contributed by atoms with Crippen LogP contribution in [-0.2, 0) is 16.6 Å². The first-order valence-corrected chi connectivity index (χ1v) is 9.46. The average molecular weight is 380 g/mol. The Kier molecular flexibility index (Phi) is 5.45. The molecule has 0 radical (unpaired) electrons. The van der Waals surface area contributed by atoms with Crippen molar-refractivity contribution in [3.63, 3.8) is 0 Å². The van der Waals surface area contributed by atoms with Crippen LogP contribution in [0.5, 0.6) is 5.75 Å². The Hall–Kier alpha value is -3.28. The fraction of sp³-hybridized carbons (Fsp3) is 0.105. The highest BCUT2D eigenvalue weighted by Gasteiger charge is 2.15. The first-order valence-electron chi connectivity index (χ1n) is 7.98. The molecule has 0 aliphatic rings. The molecular weight excluding hydrogens is 364 g/mol. The fourth-order valence-corrected chi connectivity index (χ4v) is 3.37. The van der Waals surface area contributed by atoms with Gasteiger partial charge in [-0.3, -0.25) is 4.98 Å². The summed E-state index contributed by atoms with van der Waals surface area (Å²) in [7, 11) is -2.21. The number of nitriles is 1. The van der Waals surface area contributed by atoms with Crippen molar-refractivity contribution < 1.29 is 13.2 Å². The highest BCUT2D eigenvalue weighted by molar-refractivity contribution is 7.89. The number of hydrogen-bond donors (Lipinski definition) is 1. The van der Waals surface area contributed by atoms with Gasteiger partial charge in [0.15, 0.2) is 0 Å². The number of nitrogens with one attached hydrogen (secondary N) is 1. The van der Waals surface area contributed by atoms with Crippen LogP contribution in [0.3, 0.4) is 0 Å². The number of nitrogens with zero attached hydrogens (tertiary/aromatic N) is 3. The zero-order chi connectivity index (χ0) is 19.3. The lowest BCUT2D eigenvalue weighted by atomic mass is 10.2. The van der Waals surface area contributed by atoms with Gasteiger partial charge in [0.25, 0.3) is 0 Å². The SMILES string of the molecule is COc1cc(CNS(=O)(=O)c2ccc(C#N)cc2)nc(-c2ccccn2)c1. The first kappa shape index (κ1) is 18.5. The van der Waals surface area contributed by atoms with Crippen molar-refractivity contribution in [2.24, 2.45) is 0 Å². The normalized spacial score (nSPS) is 11.0. The van der Waals surface area contributed by atoms with Crippen LogP contribution in [-0.4, -0.2) is 25.5 Å². The number of hydrogen-bond acceptors (Lipinski definition) is 6. The lowest BCUT2D eigenvalue weighted by Gasteiger charge is -2.10. The van der Waals surface area contributed by atoms with Crippen molar-refractivity contribution in [1.82, 2.24) is 14.7 Å². The Labute approximate surface area is 157 Å². The Morgan fingerprint density at radius 3 is 2.52 bits per heavy atom. The summed E-state index contributed by atoms with van der Waals surface area (Å²) in [6.45, 7) is -0.0145. The summed E-state index contributed by atoms with van der Waals surface area (Å²) in [5, 5.41) is 8.81. The molecule has 0 fully saturated rings. The molecule has 1 aromatic carbocycles. The highest BCUT2D eigenvalue weighted by atomic mass is 32.2. The molecule has 0 aliphatic heterocycles. The zero-order valence-electron chi connectivity index (χ0n) is 14.5. The highest BCUT2D eigenvalue weighted by Crippen LogP contribution is 2.21. The zero-order valence-corrected chi connectivity index (χ0v) is 15.3. The Balaban J connectivity index is 1.83. The lowest BCUT2D eigenvalue weighted by Crippen LogP contribution is -2.23. The van der Waals surface area contributed by atoms with Crippen molar-refractivity contribution in [3.05, 3.63) is 72.1 Å². The Morgan fingerprint density at radius 1 is 1.11 bits per heavy atom. The van der Waals surface area contributed by atoms with E-state index in [-0.39, 0.29) is 11.4 Å². The molecule has 136 valence electrons. The third kappa shape index (κ3) is 4.47. The van der Waals surface area contributed by atoms with Gasteiger partial charge in [-0.1, -0.05) is 6.07 Å². The van der Waals surface area contributed by atoms with Gasteiger partial charge in [0, 0.05) is 18.3 Å². The number of methoxy groups -OCH3 is 1. The third-order valence-electron chi connectivity index (χ3n) is 3.75. The van der Waals surface area contributed by atoms with Crippen LogP contribution in [0.2, 0.25) is 0 Å². The Morgan fingerprint density at radius 2 is 1.89 bits per heavy atom. The van der Waals surface area contributed by atoms with Crippen molar-refractivity contribution >= 4 is 10.0 Å². The van der Waals surface area contributed by atoms with Gasteiger partial charge < -0.3 is 4.74 Å². The number of rotatable bonds is 6. The Bertz CT molecular complexity index is 1080. The summed E-state index contributed by atoms with van der Waals surface area (Å²) in [6.07, 6.45) is 1.66.